The van der Waals surface area contributed by atoms with Gasteiger partial charge in [0, 0.05) is 5.41 Å². The molecule has 0 radical (unpaired) electrons. The standard InChI is InChI=1S/C7H14NO2P/c1-4-7(2,3)5(8-11)6(9)10/h4-5,8H,1,11H2,2-3H3,(H,9,10). The molecule has 4 heteroatoms. The molecule has 0 rings (SSSR count). The topological polar surface area (TPSA) is 49.3 Å². The number of carboxylic acid groups (broad SMARTS) is 1. The lowest BCUT2D eigenvalue weighted by atomic mass is 9.85. The fourth-order valence-corrected chi connectivity index (χ4v) is 1.29. The monoisotopic (exact) mass is 175 g/mol. The van der Waals surface area contributed by atoms with E-state index in [1.54, 1.807) is 6.08 Å². The molecule has 0 spiro atoms. The van der Waals surface area contributed by atoms with Crippen LogP contribution in [-0.4, -0.2) is 17.1 Å². The van der Waals surface area contributed by atoms with E-state index in [0.717, 1.165) is 0 Å². The molecule has 0 aromatic rings. The van der Waals surface area contributed by atoms with Crippen molar-refractivity contribution in [2.45, 2.75) is 19.9 Å². The summed E-state index contributed by atoms with van der Waals surface area (Å²) in [6.07, 6.45) is 1.63. The number of rotatable bonds is 4. The summed E-state index contributed by atoms with van der Waals surface area (Å²) < 4.78 is 0. The Hall–Kier alpha value is -0.400. The van der Waals surface area contributed by atoms with Crippen molar-refractivity contribution >= 4 is 15.4 Å². The Morgan fingerprint density at radius 2 is 2.27 bits per heavy atom. The highest BCUT2D eigenvalue weighted by Gasteiger charge is 2.30. The van der Waals surface area contributed by atoms with Crippen LogP contribution in [0.3, 0.4) is 0 Å². The van der Waals surface area contributed by atoms with Crippen molar-refractivity contribution in [2.75, 3.05) is 0 Å². The van der Waals surface area contributed by atoms with Gasteiger partial charge in [-0.25, -0.2) is 0 Å². The molecule has 11 heavy (non-hydrogen) atoms. The maximum atomic E-state index is 10.6. The highest BCUT2D eigenvalue weighted by molar-refractivity contribution is 7.13. The van der Waals surface area contributed by atoms with Gasteiger partial charge in [0.1, 0.15) is 6.04 Å². The van der Waals surface area contributed by atoms with E-state index in [-0.39, 0.29) is 0 Å². The molecule has 3 nitrogen and oxygen atoms in total. The number of aliphatic carboxylic acids is 1. The molecule has 0 aliphatic heterocycles. The van der Waals surface area contributed by atoms with E-state index in [4.69, 9.17) is 5.11 Å². The molecule has 0 amide bonds. The average molecular weight is 175 g/mol. The zero-order valence-corrected chi connectivity index (χ0v) is 7.95. The predicted octanol–water partition coefficient (Wildman–Crippen LogP) is 1.03. The first-order chi connectivity index (χ1) is 4.95. The fourth-order valence-electron chi connectivity index (χ4n) is 0.722. The second-order valence-electron chi connectivity index (χ2n) is 2.96. The average Bonchev–Trinajstić information content (AvgIpc) is 1.88. The van der Waals surface area contributed by atoms with Gasteiger partial charge >= 0.3 is 5.97 Å². The van der Waals surface area contributed by atoms with E-state index in [1.165, 1.54) is 0 Å². The maximum Gasteiger partial charge on any atom is 0.321 e. The molecule has 0 aliphatic carbocycles. The first kappa shape index (κ1) is 10.6. The van der Waals surface area contributed by atoms with E-state index in [0.29, 0.717) is 0 Å². The van der Waals surface area contributed by atoms with Crippen molar-refractivity contribution in [1.82, 2.24) is 5.09 Å². The van der Waals surface area contributed by atoms with Crippen LogP contribution in [0.2, 0.25) is 0 Å². The molecule has 0 aromatic carbocycles. The summed E-state index contributed by atoms with van der Waals surface area (Å²) in [7, 11) is 2.20. The van der Waals surface area contributed by atoms with Crippen LogP contribution < -0.4 is 5.09 Å². The van der Waals surface area contributed by atoms with Crippen molar-refractivity contribution in [1.29, 1.82) is 0 Å². The maximum absolute atomic E-state index is 10.6. The van der Waals surface area contributed by atoms with E-state index < -0.39 is 17.4 Å². The molecule has 0 aromatic heterocycles. The van der Waals surface area contributed by atoms with Crippen molar-refractivity contribution in [2.24, 2.45) is 5.41 Å². The third-order valence-electron chi connectivity index (χ3n) is 1.68. The van der Waals surface area contributed by atoms with Crippen LogP contribution in [0.1, 0.15) is 13.8 Å². The molecule has 2 unspecified atom stereocenters. The molecular formula is C7H14NO2P. The number of carboxylic acids is 1. The third kappa shape index (κ3) is 2.60. The Balaban J connectivity index is 4.48. The Labute approximate surface area is 69.1 Å². The summed E-state index contributed by atoms with van der Waals surface area (Å²) in [5.74, 6) is -0.870. The first-order valence-electron chi connectivity index (χ1n) is 3.28. The summed E-state index contributed by atoms with van der Waals surface area (Å²) in [4.78, 5) is 10.6. The molecule has 64 valence electrons. The zero-order valence-electron chi connectivity index (χ0n) is 6.79. The Morgan fingerprint density at radius 3 is 2.36 bits per heavy atom. The van der Waals surface area contributed by atoms with Crippen LogP contribution in [0.25, 0.3) is 0 Å². The molecule has 0 aliphatic rings. The Morgan fingerprint density at radius 1 is 1.82 bits per heavy atom. The Kier molecular flexibility index (Phi) is 3.70. The predicted molar refractivity (Wildman–Crippen MR) is 48.2 cm³/mol. The molecule has 2 atom stereocenters. The molecule has 0 heterocycles. The van der Waals surface area contributed by atoms with Gasteiger partial charge in [0.05, 0.1) is 0 Å². The van der Waals surface area contributed by atoms with Crippen LogP contribution in [-0.2, 0) is 4.79 Å². The SMILES string of the molecule is C=CC(C)(C)C(NP)C(=O)O. The van der Waals surface area contributed by atoms with Gasteiger partial charge in [-0.2, -0.15) is 0 Å². The molecule has 0 bridgehead atoms. The summed E-state index contributed by atoms with van der Waals surface area (Å²) in [6.45, 7) is 7.20. The third-order valence-corrected chi connectivity index (χ3v) is 2.02. The second-order valence-corrected chi connectivity index (χ2v) is 3.30. The highest BCUT2D eigenvalue weighted by Crippen LogP contribution is 2.22. The minimum Gasteiger partial charge on any atom is -0.480 e. The van der Waals surface area contributed by atoms with Gasteiger partial charge in [0.25, 0.3) is 0 Å². The lowest BCUT2D eigenvalue weighted by molar-refractivity contribution is -0.141. The summed E-state index contributed by atoms with van der Waals surface area (Å²) in [5.41, 5.74) is -0.437. The first-order valence-corrected chi connectivity index (χ1v) is 3.86. The molecule has 0 fully saturated rings. The minimum atomic E-state index is -0.870. The number of nitrogens with one attached hydrogen (secondary N) is 1. The highest BCUT2D eigenvalue weighted by atomic mass is 31.0. The van der Waals surface area contributed by atoms with Crippen LogP contribution in [0.4, 0.5) is 0 Å². The number of carbonyl (C=O) groups is 1. The quantitative estimate of drug-likeness (QED) is 0.495. The smallest absolute Gasteiger partial charge is 0.321 e. The van der Waals surface area contributed by atoms with Gasteiger partial charge in [-0.3, -0.25) is 9.88 Å². The van der Waals surface area contributed by atoms with Crippen molar-refractivity contribution in [3.8, 4) is 0 Å². The van der Waals surface area contributed by atoms with E-state index in [9.17, 15) is 4.79 Å². The minimum absolute atomic E-state index is 0.437. The lowest BCUT2D eigenvalue weighted by Crippen LogP contribution is -2.42. The lowest BCUT2D eigenvalue weighted by Gasteiger charge is -2.26. The van der Waals surface area contributed by atoms with E-state index >= 15 is 0 Å². The van der Waals surface area contributed by atoms with E-state index in [2.05, 4.69) is 21.1 Å². The van der Waals surface area contributed by atoms with Crippen molar-refractivity contribution < 1.29 is 9.90 Å². The fraction of sp³-hybridized carbons (Fsp3) is 0.571. The largest absolute Gasteiger partial charge is 0.480 e. The van der Waals surface area contributed by atoms with E-state index in [1.807, 2.05) is 13.8 Å². The van der Waals surface area contributed by atoms with Gasteiger partial charge in [-0.05, 0) is 0 Å². The van der Waals surface area contributed by atoms with Gasteiger partial charge < -0.3 is 5.11 Å². The van der Waals surface area contributed by atoms with Crippen molar-refractivity contribution in [3.05, 3.63) is 12.7 Å². The van der Waals surface area contributed by atoms with Gasteiger partial charge in [-0.15, -0.1) is 6.58 Å². The Bertz CT molecular complexity index is 168. The van der Waals surface area contributed by atoms with Crippen LogP contribution in [0.5, 0.6) is 0 Å². The molecular weight excluding hydrogens is 161 g/mol. The van der Waals surface area contributed by atoms with Crippen LogP contribution >= 0.6 is 9.39 Å². The van der Waals surface area contributed by atoms with Crippen LogP contribution in [0, 0.1) is 5.41 Å². The number of hydrogen-bond acceptors (Lipinski definition) is 2. The van der Waals surface area contributed by atoms with Crippen molar-refractivity contribution in [3.63, 3.8) is 0 Å². The van der Waals surface area contributed by atoms with Gasteiger partial charge in [0.2, 0.25) is 0 Å². The van der Waals surface area contributed by atoms with Gasteiger partial charge in [0.15, 0.2) is 0 Å². The second kappa shape index (κ2) is 3.84. The molecule has 0 saturated carbocycles. The zero-order chi connectivity index (χ0) is 9.07. The summed E-state index contributed by atoms with van der Waals surface area (Å²) >= 11 is 0. The van der Waals surface area contributed by atoms with Crippen LogP contribution in [0.15, 0.2) is 12.7 Å². The molecule has 2 N–H and O–H groups in total. The molecule has 0 saturated heterocycles. The number of hydrogen-bond donors (Lipinski definition) is 2. The van der Waals surface area contributed by atoms with Gasteiger partial charge in [-0.1, -0.05) is 29.3 Å². The summed E-state index contributed by atoms with van der Waals surface area (Å²) in [5, 5.41) is 11.4. The normalized spacial score (nSPS) is 14.1. The summed E-state index contributed by atoms with van der Waals surface area (Å²) in [6, 6.07) is -0.606.